The summed E-state index contributed by atoms with van der Waals surface area (Å²) in [5.74, 6) is 2.94. The first-order chi connectivity index (χ1) is 8.52. The molecule has 0 saturated carbocycles. The number of aryl methyl sites for hydroxylation is 1. The summed E-state index contributed by atoms with van der Waals surface area (Å²) in [6, 6.07) is 1.99. The van der Waals surface area contributed by atoms with Crippen LogP contribution in [0.1, 0.15) is 39.8 Å². The van der Waals surface area contributed by atoms with Crippen LogP contribution in [0.4, 0.5) is 11.8 Å². The van der Waals surface area contributed by atoms with Crippen molar-refractivity contribution in [1.82, 2.24) is 9.97 Å². The van der Waals surface area contributed by atoms with E-state index >= 15 is 0 Å². The fourth-order valence-electron chi connectivity index (χ4n) is 1.48. The summed E-state index contributed by atoms with van der Waals surface area (Å²) in [7, 11) is 0. The first kappa shape index (κ1) is 14.7. The second kappa shape index (κ2) is 7.19. The Morgan fingerprint density at radius 1 is 1.17 bits per heavy atom. The third kappa shape index (κ3) is 4.90. The van der Waals surface area contributed by atoms with Crippen molar-refractivity contribution in [3.63, 3.8) is 0 Å². The standard InChI is InChI=1S/C14H26N4/c1-6-7-15-14-17-12(5)8-13(18-14)16-9-11(4)10(2)3/h8,10-11H,6-7,9H2,1-5H3,(H2,15,16,17,18). The van der Waals surface area contributed by atoms with Gasteiger partial charge >= 0.3 is 0 Å². The third-order valence-electron chi connectivity index (χ3n) is 3.13. The maximum atomic E-state index is 4.47. The summed E-state index contributed by atoms with van der Waals surface area (Å²) in [5, 5.41) is 6.62. The molecule has 0 amide bonds. The van der Waals surface area contributed by atoms with Crippen molar-refractivity contribution < 1.29 is 0 Å². The average Bonchev–Trinajstić information content (AvgIpc) is 2.32. The molecule has 4 nitrogen and oxygen atoms in total. The first-order valence-electron chi connectivity index (χ1n) is 6.86. The third-order valence-corrected chi connectivity index (χ3v) is 3.13. The second-order valence-electron chi connectivity index (χ2n) is 5.25. The Hall–Kier alpha value is -1.32. The SMILES string of the molecule is CCCNc1nc(C)cc(NCC(C)C(C)C)n1. The number of rotatable bonds is 7. The van der Waals surface area contributed by atoms with Crippen LogP contribution in [-0.4, -0.2) is 23.1 Å². The smallest absolute Gasteiger partial charge is 0.224 e. The van der Waals surface area contributed by atoms with Gasteiger partial charge in [0.1, 0.15) is 5.82 Å². The Morgan fingerprint density at radius 2 is 1.89 bits per heavy atom. The lowest BCUT2D eigenvalue weighted by Crippen LogP contribution is -2.17. The molecule has 2 N–H and O–H groups in total. The van der Waals surface area contributed by atoms with E-state index in [1.807, 2.05) is 13.0 Å². The quantitative estimate of drug-likeness (QED) is 0.779. The number of aromatic nitrogens is 2. The zero-order valence-electron chi connectivity index (χ0n) is 12.2. The Kier molecular flexibility index (Phi) is 5.89. The number of nitrogens with zero attached hydrogens (tertiary/aromatic N) is 2. The van der Waals surface area contributed by atoms with Crippen LogP contribution >= 0.6 is 0 Å². The van der Waals surface area contributed by atoms with Crippen molar-refractivity contribution in [2.75, 3.05) is 23.7 Å². The van der Waals surface area contributed by atoms with Crippen molar-refractivity contribution in [3.8, 4) is 0 Å². The number of anilines is 2. The topological polar surface area (TPSA) is 49.8 Å². The molecular formula is C14H26N4. The molecule has 0 aliphatic carbocycles. The Labute approximate surface area is 111 Å². The summed E-state index contributed by atoms with van der Waals surface area (Å²) >= 11 is 0. The monoisotopic (exact) mass is 250 g/mol. The molecule has 0 aliphatic heterocycles. The largest absolute Gasteiger partial charge is 0.370 e. The highest BCUT2D eigenvalue weighted by atomic mass is 15.1. The fraction of sp³-hybridized carbons (Fsp3) is 0.714. The molecule has 1 rings (SSSR count). The summed E-state index contributed by atoms with van der Waals surface area (Å²) in [6.45, 7) is 12.7. The Balaban J connectivity index is 2.62. The molecule has 1 atom stereocenters. The van der Waals surface area contributed by atoms with Crippen molar-refractivity contribution >= 4 is 11.8 Å². The number of hydrogen-bond donors (Lipinski definition) is 2. The first-order valence-corrected chi connectivity index (χ1v) is 6.86. The Bertz CT molecular complexity index is 363. The molecule has 18 heavy (non-hydrogen) atoms. The lowest BCUT2D eigenvalue weighted by Gasteiger charge is -2.17. The Morgan fingerprint density at radius 3 is 2.50 bits per heavy atom. The van der Waals surface area contributed by atoms with Gasteiger partial charge in [0.15, 0.2) is 0 Å². The molecular weight excluding hydrogens is 224 g/mol. The van der Waals surface area contributed by atoms with E-state index < -0.39 is 0 Å². The van der Waals surface area contributed by atoms with Crippen LogP contribution in [0.3, 0.4) is 0 Å². The van der Waals surface area contributed by atoms with Gasteiger partial charge in [-0.2, -0.15) is 4.98 Å². The lowest BCUT2D eigenvalue weighted by molar-refractivity contribution is 0.439. The molecule has 0 bridgehead atoms. The zero-order chi connectivity index (χ0) is 13.5. The van der Waals surface area contributed by atoms with Crippen molar-refractivity contribution in [3.05, 3.63) is 11.8 Å². The van der Waals surface area contributed by atoms with Gasteiger partial charge < -0.3 is 10.6 Å². The molecule has 4 heteroatoms. The van der Waals surface area contributed by atoms with Crippen LogP contribution in [0, 0.1) is 18.8 Å². The van der Waals surface area contributed by atoms with Gasteiger partial charge in [-0.1, -0.05) is 27.7 Å². The molecule has 0 saturated heterocycles. The van der Waals surface area contributed by atoms with E-state index in [-0.39, 0.29) is 0 Å². The van der Waals surface area contributed by atoms with Crippen LogP contribution in [0.5, 0.6) is 0 Å². The molecule has 1 aromatic rings. The minimum atomic E-state index is 0.632. The van der Waals surface area contributed by atoms with Gasteiger partial charge in [0.05, 0.1) is 0 Å². The second-order valence-corrected chi connectivity index (χ2v) is 5.25. The normalized spacial score (nSPS) is 12.6. The van der Waals surface area contributed by atoms with Crippen LogP contribution in [0.15, 0.2) is 6.07 Å². The van der Waals surface area contributed by atoms with Crippen molar-refractivity contribution in [1.29, 1.82) is 0 Å². The van der Waals surface area contributed by atoms with E-state index in [9.17, 15) is 0 Å². The van der Waals surface area contributed by atoms with E-state index in [0.29, 0.717) is 11.8 Å². The number of nitrogens with one attached hydrogen (secondary N) is 2. The summed E-state index contributed by atoms with van der Waals surface area (Å²) < 4.78 is 0. The van der Waals surface area contributed by atoms with E-state index in [2.05, 4.69) is 48.3 Å². The minimum Gasteiger partial charge on any atom is -0.370 e. The predicted molar refractivity (Wildman–Crippen MR) is 78.0 cm³/mol. The van der Waals surface area contributed by atoms with Gasteiger partial charge in [-0.05, 0) is 25.2 Å². The van der Waals surface area contributed by atoms with Crippen molar-refractivity contribution in [2.24, 2.45) is 11.8 Å². The molecule has 0 aliphatic rings. The van der Waals surface area contributed by atoms with Gasteiger partial charge in [0, 0.05) is 24.8 Å². The molecule has 0 fully saturated rings. The maximum Gasteiger partial charge on any atom is 0.224 e. The predicted octanol–water partition coefficient (Wildman–Crippen LogP) is 3.31. The van der Waals surface area contributed by atoms with Crippen LogP contribution in [-0.2, 0) is 0 Å². The zero-order valence-corrected chi connectivity index (χ0v) is 12.2. The molecule has 1 heterocycles. The molecule has 1 unspecified atom stereocenters. The maximum absolute atomic E-state index is 4.47. The summed E-state index contributed by atoms with van der Waals surface area (Å²) in [4.78, 5) is 8.84. The highest BCUT2D eigenvalue weighted by molar-refractivity contribution is 5.42. The lowest BCUT2D eigenvalue weighted by atomic mass is 9.98. The van der Waals surface area contributed by atoms with Gasteiger partial charge in [-0.3, -0.25) is 0 Å². The highest BCUT2D eigenvalue weighted by Crippen LogP contribution is 2.13. The van der Waals surface area contributed by atoms with Gasteiger partial charge in [0.25, 0.3) is 0 Å². The van der Waals surface area contributed by atoms with Crippen LogP contribution in [0.2, 0.25) is 0 Å². The average molecular weight is 250 g/mol. The summed E-state index contributed by atoms with van der Waals surface area (Å²) in [5.41, 5.74) is 0.989. The van der Waals surface area contributed by atoms with Gasteiger partial charge in [-0.25, -0.2) is 4.98 Å². The molecule has 0 spiro atoms. The van der Waals surface area contributed by atoms with E-state index in [0.717, 1.165) is 37.0 Å². The van der Waals surface area contributed by atoms with Crippen LogP contribution < -0.4 is 10.6 Å². The van der Waals surface area contributed by atoms with Crippen molar-refractivity contribution in [2.45, 2.75) is 41.0 Å². The minimum absolute atomic E-state index is 0.632. The number of hydrogen-bond acceptors (Lipinski definition) is 4. The van der Waals surface area contributed by atoms with E-state index in [1.165, 1.54) is 0 Å². The van der Waals surface area contributed by atoms with E-state index in [4.69, 9.17) is 0 Å². The van der Waals surface area contributed by atoms with E-state index in [1.54, 1.807) is 0 Å². The fourth-order valence-corrected chi connectivity index (χ4v) is 1.48. The molecule has 0 radical (unpaired) electrons. The van der Waals surface area contributed by atoms with Gasteiger partial charge in [0.2, 0.25) is 5.95 Å². The molecule has 102 valence electrons. The van der Waals surface area contributed by atoms with Crippen LogP contribution in [0.25, 0.3) is 0 Å². The highest BCUT2D eigenvalue weighted by Gasteiger charge is 2.08. The van der Waals surface area contributed by atoms with Gasteiger partial charge in [-0.15, -0.1) is 0 Å². The molecule has 1 aromatic heterocycles. The summed E-state index contributed by atoms with van der Waals surface area (Å²) in [6.07, 6.45) is 1.07. The molecule has 0 aromatic carbocycles.